The highest BCUT2D eigenvalue weighted by atomic mass is 16.1. The Labute approximate surface area is 151 Å². The van der Waals surface area contributed by atoms with E-state index in [0.717, 1.165) is 24.1 Å². The van der Waals surface area contributed by atoms with E-state index < -0.39 is 0 Å². The van der Waals surface area contributed by atoms with Gasteiger partial charge < -0.3 is 5.32 Å². The van der Waals surface area contributed by atoms with Gasteiger partial charge in [-0.15, -0.1) is 0 Å². The molecule has 0 atom stereocenters. The van der Waals surface area contributed by atoms with Gasteiger partial charge in [-0.1, -0.05) is 25.3 Å². The van der Waals surface area contributed by atoms with Crippen molar-refractivity contribution in [1.29, 1.82) is 0 Å². The van der Waals surface area contributed by atoms with E-state index in [-0.39, 0.29) is 5.91 Å². The predicted molar refractivity (Wildman–Crippen MR) is 94.7 cm³/mol. The minimum atomic E-state index is -0.118. The van der Waals surface area contributed by atoms with Crippen LogP contribution in [0.2, 0.25) is 0 Å². The first-order valence-corrected chi connectivity index (χ1v) is 8.93. The van der Waals surface area contributed by atoms with Gasteiger partial charge >= 0.3 is 0 Å². The molecule has 1 amide bonds. The smallest absolute Gasteiger partial charge is 0.255 e. The zero-order valence-corrected chi connectivity index (χ0v) is 14.4. The molecule has 0 unspecified atom stereocenters. The molecule has 0 saturated heterocycles. The average molecular weight is 351 g/mol. The third-order valence-electron chi connectivity index (χ3n) is 4.87. The molecule has 4 rings (SSSR count). The molecule has 1 aliphatic carbocycles. The second-order valence-electron chi connectivity index (χ2n) is 6.54. The van der Waals surface area contributed by atoms with E-state index in [1.165, 1.54) is 25.6 Å². The van der Waals surface area contributed by atoms with Crippen molar-refractivity contribution in [3.8, 4) is 5.82 Å². The van der Waals surface area contributed by atoms with Crippen molar-refractivity contribution >= 4 is 5.91 Å². The molecule has 0 aliphatic heterocycles. The third-order valence-corrected chi connectivity index (χ3v) is 4.87. The van der Waals surface area contributed by atoms with Crippen LogP contribution in [-0.2, 0) is 6.54 Å². The summed E-state index contributed by atoms with van der Waals surface area (Å²) in [5.74, 6) is 0.939. The summed E-state index contributed by atoms with van der Waals surface area (Å²) >= 11 is 0. The molecular formula is C18H21N7O. The molecule has 2 N–H and O–H groups in total. The van der Waals surface area contributed by atoms with Crippen molar-refractivity contribution in [2.24, 2.45) is 0 Å². The summed E-state index contributed by atoms with van der Waals surface area (Å²) in [7, 11) is 0. The number of pyridine rings is 1. The highest BCUT2D eigenvalue weighted by molar-refractivity contribution is 5.95. The summed E-state index contributed by atoms with van der Waals surface area (Å²) < 4.78 is 1.59. The number of aromatic amines is 1. The quantitative estimate of drug-likeness (QED) is 0.735. The lowest BCUT2D eigenvalue weighted by Crippen LogP contribution is -2.25. The average Bonchev–Trinajstić information content (AvgIpc) is 3.39. The maximum absolute atomic E-state index is 12.7. The molecule has 0 bridgehead atoms. The third kappa shape index (κ3) is 3.35. The van der Waals surface area contributed by atoms with Gasteiger partial charge in [-0.25, -0.2) is 14.6 Å². The molecule has 3 aromatic heterocycles. The van der Waals surface area contributed by atoms with Crippen LogP contribution < -0.4 is 5.32 Å². The molecule has 1 saturated carbocycles. The minimum absolute atomic E-state index is 0.118. The van der Waals surface area contributed by atoms with E-state index in [1.54, 1.807) is 23.4 Å². The molecule has 26 heavy (non-hydrogen) atoms. The topological polar surface area (TPSA) is 101 Å². The zero-order chi connectivity index (χ0) is 17.8. The number of hydrogen-bond donors (Lipinski definition) is 2. The maximum atomic E-state index is 12.7. The van der Waals surface area contributed by atoms with E-state index in [0.29, 0.717) is 23.8 Å². The molecule has 0 radical (unpaired) electrons. The summed E-state index contributed by atoms with van der Waals surface area (Å²) in [6.45, 7) is 0.358. The van der Waals surface area contributed by atoms with Crippen molar-refractivity contribution in [3.63, 3.8) is 0 Å². The van der Waals surface area contributed by atoms with Gasteiger partial charge in [0.15, 0.2) is 5.82 Å². The van der Waals surface area contributed by atoms with Gasteiger partial charge in [0, 0.05) is 24.2 Å². The summed E-state index contributed by atoms with van der Waals surface area (Å²) in [6.07, 6.45) is 12.3. The Morgan fingerprint density at radius 1 is 1.31 bits per heavy atom. The van der Waals surface area contributed by atoms with Crippen LogP contribution in [0, 0.1) is 0 Å². The van der Waals surface area contributed by atoms with Gasteiger partial charge in [-0.3, -0.25) is 9.89 Å². The van der Waals surface area contributed by atoms with Crippen molar-refractivity contribution in [2.45, 2.75) is 44.6 Å². The first kappa shape index (κ1) is 16.4. The van der Waals surface area contributed by atoms with Crippen molar-refractivity contribution < 1.29 is 4.79 Å². The number of hydrogen-bond acceptors (Lipinski definition) is 5. The highest BCUT2D eigenvalue weighted by Crippen LogP contribution is 2.33. The number of aromatic nitrogens is 6. The fraction of sp³-hybridized carbons (Fsp3) is 0.389. The van der Waals surface area contributed by atoms with Crippen LogP contribution in [0.3, 0.4) is 0 Å². The molecule has 1 fully saturated rings. The van der Waals surface area contributed by atoms with Crippen molar-refractivity contribution in [1.82, 2.24) is 35.3 Å². The molecule has 0 spiro atoms. The highest BCUT2D eigenvalue weighted by Gasteiger charge is 2.23. The number of H-pyrrole nitrogens is 1. The second kappa shape index (κ2) is 7.47. The Hall–Kier alpha value is -3.03. The van der Waals surface area contributed by atoms with Gasteiger partial charge in [0.05, 0.1) is 17.5 Å². The first-order valence-electron chi connectivity index (χ1n) is 8.93. The lowest BCUT2D eigenvalue weighted by molar-refractivity contribution is 0.0949. The molecule has 134 valence electrons. The molecule has 3 aromatic rings. The van der Waals surface area contributed by atoms with Crippen LogP contribution in [0.5, 0.6) is 0 Å². The predicted octanol–water partition coefficient (Wildman–Crippen LogP) is 2.36. The van der Waals surface area contributed by atoms with Gasteiger partial charge in [0.2, 0.25) is 0 Å². The van der Waals surface area contributed by atoms with Gasteiger partial charge in [0.1, 0.15) is 12.7 Å². The lowest BCUT2D eigenvalue weighted by atomic mass is 9.85. The molecular weight excluding hydrogens is 330 g/mol. The number of rotatable bonds is 5. The fourth-order valence-electron chi connectivity index (χ4n) is 3.54. The molecule has 8 heteroatoms. The number of carbonyl (C=O) groups excluding carboxylic acids is 1. The van der Waals surface area contributed by atoms with Crippen LogP contribution in [0.15, 0.2) is 37.2 Å². The van der Waals surface area contributed by atoms with E-state index in [2.05, 4.69) is 30.6 Å². The molecule has 0 aromatic carbocycles. The Morgan fingerprint density at radius 3 is 3.00 bits per heavy atom. The summed E-state index contributed by atoms with van der Waals surface area (Å²) in [5, 5.41) is 14.3. The van der Waals surface area contributed by atoms with E-state index in [9.17, 15) is 4.79 Å². The molecule has 3 heterocycles. The number of carbonyl (C=O) groups is 1. The number of amides is 1. The standard InChI is InChI=1S/C18H21N7O/c26-18(15-10-22-24-16(15)13-5-2-1-3-6-13)21-9-14-7-4-8-20-17(14)25-12-19-11-23-25/h4,7-8,10-13H,1-3,5-6,9H2,(H,21,26)(H,22,24). The first-order chi connectivity index (χ1) is 12.8. The minimum Gasteiger partial charge on any atom is -0.348 e. The number of nitrogens with zero attached hydrogens (tertiary/aromatic N) is 5. The molecule has 1 aliphatic rings. The lowest BCUT2D eigenvalue weighted by Gasteiger charge is -2.21. The molecule has 8 nitrogen and oxygen atoms in total. The largest absolute Gasteiger partial charge is 0.348 e. The summed E-state index contributed by atoms with van der Waals surface area (Å²) in [5.41, 5.74) is 2.47. The van der Waals surface area contributed by atoms with Crippen LogP contribution in [-0.4, -0.2) is 35.9 Å². The van der Waals surface area contributed by atoms with Crippen molar-refractivity contribution in [3.05, 3.63) is 54.0 Å². The Bertz CT molecular complexity index is 865. The van der Waals surface area contributed by atoms with Crippen LogP contribution in [0.1, 0.15) is 59.6 Å². The zero-order valence-electron chi connectivity index (χ0n) is 14.4. The Balaban J connectivity index is 1.48. The van der Waals surface area contributed by atoms with E-state index in [1.807, 2.05) is 12.1 Å². The van der Waals surface area contributed by atoms with Gasteiger partial charge in [0.25, 0.3) is 5.91 Å². The van der Waals surface area contributed by atoms with Crippen molar-refractivity contribution in [2.75, 3.05) is 0 Å². The van der Waals surface area contributed by atoms with Gasteiger partial charge in [-0.05, 0) is 18.9 Å². The van der Waals surface area contributed by atoms with Crippen LogP contribution in [0.25, 0.3) is 5.82 Å². The number of nitrogens with one attached hydrogen (secondary N) is 2. The maximum Gasteiger partial charge on any atom is 0.255 e. The van der Waals surface area contributed by atoms with E-state index >= 15 is 0 Å². The van der Waals surface area contributed by atoms with Crippen LogP contribution in [0.4, 0.5) is 0 Å². The SMILES string of the molecule is O=C(NCc1cccnc1-n1cncn1)c1cn[nH]c1C1CCCCC1. The Kier molecular flexibility index (Phi) is 4.72. The summed E-state index contributed by atoms with van der Waals surface area (Å²) in [4.78, 5) is 21.0. The Morgan fingerprint density at radius 2 is 2.19 bits per heavy atom. The monoisotopic (exact) mass is 351 g/mol. The van der Waals surface area contributed by atoms with Gasteiger partial charge in [-0.2, -0.15) is 10.2 Å². The normalized spacial score (nSPS) is 15.1. The summed E-state index contributed by atoms with van der Waals surface area (Å²) in [6, 6.07) is 3.76. The van der Waals surface area contributed by atoms with E-state index in [4.69, 9.17) is 0 Å². The van der Waals surface area contributed by atoms with Crippen LogP contribution >= 0.6 is 0 Å². The second-order valence-corrected chi connectivity index (χ2v) is 6.54. The fourth-order valence-corrected chi connectivity index (χ4v) is 3.54.